The summed E-state index contributed by atoms with van der Waals surface area (Å²) in [4.78, 5) is 9.86. The third-order valence-corrected chi connectivity index (χ3v) is 8.15. The Morgan fingerprint density at radius 1 is 1.10 bits per heavy atom. The van der Waals surface area contributed by atoms with Gasteiger partial charge in [-0.2, -0.15) is 0 Å². The van der Waals surface area contributed by atoms with Gasteiger partial charge in [0.15, 0.2) is 5.96 Å². The van der Waals surface area contributed by atoms with Crippen molar-refractivity contribution in [3.05, 3.63) is 0 Å². The second-order valence-corrected chi connectivity index (χ2v) is 10.2. The lowest BCUT2D eigenvalue weighted by Crippen LogP contribution is -2.69. The molecule has 29 heavy (non-hydrogen) atoms. The third kappa shape index (κ3) is 4.58. The smallest absolute Gasteiger partial charge is 0.191 e. The van der Waals surface area contributed by atoms with Crippen LogP contribution < -0.4 is 10.6 Å². The fourth-order valence-electron chi connectivity index (χ4n) is 6.22. The van der Waals surface area contributed by atoms with Crippen LogP contribution in [-0.2, 0) is 4.74 Å². The van der Waals surface area contributed by atoms with Gasteiger partial charge < -0.3 is 20.3 Å². The van der Waals surface area contributed by atoms with E-state index < -0.39 is 0 Å². The quantitative estimate of drug-likeness (QED) is 0.340. The van der Waals surface area contributed by atoms with E-state index in [9.17, 15) is 0 Å². The minimum Gasteiger partial charge on any atom is -0.377 e. The van der Waals surface area contributed by atoms with Crippen molar-refractivity contribution in [2.45, 2.75) is 70.1 Å². The molecule has 4 fully saturated rings. The molecule has 3 atom stereocenters. The van der Waals surface area contributed by atoms with Gasteiger partial charge in [0.25, 0.3) is 0 Å². The zero-order valence-electron chi connectivity index (χ0n) is 18.9. The molecule has 0 aromatic rings. The van der Waals surface area contributed by atoms with E-state index in [1.807, 2.05) is 7.05 Å². The van der Waals surface area contributed by atoms with Gasteiger partial charge in [-0.15, -0.1) is 24.0 Å². The highest BCUT2D eigenvalue weighted by Gasteiger charge is 2.59. The number of hydrogen-bond donors (Lipinski definition) is 2. The first-order chi connectivity index (χ1) is 13.5. The lowest BCUT2D eigenvalue weighted by Gasteiger charge is -2.55. The number of rotatable bonds is 4. The molecule has 6 nitrogen and oxygen atoms in total. The molecule has 168 valence electrons. The Morgan fingerprint density at radius 2 is 1.79 bits per heavy atom. The van der Waals surface area contributed by atoms with Crippen molar-refractivity contribution in [2.24, 2.45) is 16.3 Å². The number of nitrogens with one attached hydrogen (secondary N) is 2. The molecule has 7 heteroatoms. The maximum atomic E-state index is 5.96. The van der Waals surface area contributed by atoms with Crippen LogP contribution in [0, 0.1) is 11.3 Å². The van der Waals surface area contributed by atoms with Gasteiger partial charge in [-0.05, 0) is 65.3 Å². The predicted molar refractivity (Wildman–Crippen MR) is 130 cm³/mol. The van der Waals surface area contributed by atoms with Crippen molar-refractivity contribution >= 4 is 29.9 Å². The predicted octanol–water partition coefficient (Wildman–Crippen LogP) is 2.53. The third-order valence-electron chi connectivity index (χ3n) is 8.15. The molecule has 3 heterocycles. The van der Waals surface area contributed by atoms with E-state index in [2.05, 4.69) is 46.3 Å². The minimum absolute atomic E-state index is 0. The Labute approximate surface area is 194 Å². The van der Waals surface area contributed by atoms with E-state index in [0.29, 0.717) is 18.1 Å². The second-order valence-electron chi connectivity index (χ2n) is 10.2. The molecular formula is C22H42IN5O. The summed E-state index contributed by atoms with van der Waals surface area (Å²) < 4.78 is 5.96. The van der Waals surface area contributed by atoms with E-state index in [1.165, 1.54) is 64.7 Å². The molecule has 0 spiro atoms. The van der Waals surface area contributed by atoms with Crippen molar-refractivity contribution < 1.29 is 4.74 Å². The summed E-state index contributed by atoms with van der Waals surface area (Å²) in [7, 11) is 4.17. The summed E-state index contributed by atoms with van der Waals surface area (Å²) >= 11 is 0. The number of guanidine groups is 1. The van der Waals surface area contributed by atoms with E-state index >= 15 is 0 Å². The highest BCUT2D eigenvalue weighted by Crippen LogP contribution is 2.52. The summed E-state index contributed by atoms with van der Waals surface area (Å²) in [5, 5.41) is 7.51. The Kier molecular flexibility index (Phi) is 7.77. The number of likely N-dealkylation sites (tertiary alicyclic amines) is 2. The van der Waals surface area contributed by atoms with Gasteiger partial charge in [0.1, 0.15) is 0 Å². The zero-order chi connectivity index (χ0) is 19.8. The summed E-state index contributed by atoms with van der Waals surface area (Å²) in [6, 6.07) is 0.453. The number of nitrogens with zero attached hydrogens (tertiary/aromatic N) is 3. The largest absolute Gasteiger partial charge is 0.377 e. The van der Waals surface area contributed by atoms with Crippen LogP contribution in [0.15, 0.2) is 4.99 Å². The van der Waals surface area contributed by atoms with Gasteiger partial charge in [-0.1, -0.05) is 20.3 Å². The van der Waals surface area contributed by atoms with Crippen molar-refractivity contribution in [1.82, 2.24) is 20.4 Å². The maximum Gasteiger partial charge on any atom is 0.191 e. The molecule has 1 saturated carbocycles. The highest BCUT2D eigenvalue weighted by atomic mass is 127. The van der Waals surface area contributed by atoms with Crippen LogP contribution in [0.4, 0.5) is 0 Å². The minimum atomic E-state index is 0. The SMILES string of the molecule is CN=C(NCC1(N2CCCCC2)CCN(C)CC1)NC1C2CCOC2C1(C)C.I. The van der Waals surface area contributed by atoms with Crippen LogP contribution >= 0.6 is 24.0 Å². The Morgan fingerprint density at radius 3 is 2.45 bits per heavy atom. The highest BCUT2D eigenvalue weighted by molar-refractivity contribution is 14.0. The fourth-order valence-corrected chi connectivity index (χ4v) is 6.22. The molecule has 1 aliphatic carbocycles. The molecule has 3 aliphatic heterocycles. The number of hydrogen-bond acceptors (Lipinski definition) is 4. The summed E-state index contributed by atoms with van der Waals surface area (Å²) in [5.74, 6) is 1.60. The van der Waals surface area contributed by atoms with Crippen LogP contribution in [0.25, 0.3) is 0 Å². The van der Waals surface area contributed by atoms with Gasteiger partial charge in [-0.25, -0.2) is 0 Å². The van der Waals surface area contributed by atoms with Crippen molar-refractivity contribution in [1.29, 1.82) is 0 Å². The van der Waals surface area contributed by atoms with E-state index in [-0.39, 0.29) is 34.9 Å². The normalized spacial score (nSPS) is 34.6. The summed E-state index contributed by atoms with van der Waals surface area (Å²) in [6.45, 7) is 11.5. The monoisotopic (exact) mass is 519 g/mol. The van der Waals surface area contributed by atoms with E-state index in [0.717, 1.165) is 19.1 Å². The molecule has 0 radical (unpaired) electrons. The standard InChI is InChI=1S/C22H41N5O.HI/c1-21(2)18(17-8-15-28-19(17)21)25-20(23-3)24-16-22(9-13-26(4)14-10-22)27-11-6-5-7-12-27;/h17-19H,5-16H2,1-4H3,(H2,23,24,25);1H. The maximum absolute atomic E-state index is 5.96. The van der Waals surface area contributed by atoms with Gasteiger partial charge >= 0.3 is 0 Å². The van der Waals surface area contributed by atoms with Crippen LogP contribution in [-0.4, -0.2) is 86.9 Å². The molecule has 4 aliphatic rings. The first-order valence-electron chi connectivity index (χ1n) is 11.5. The first-order valence-corrected chi connectivity index (χ1v) is 11.5. The lowest BCUT2D eigenvalue weighted by molar-refractivity contribution is -0.106. The molecule has 0 aromatic heterocycles. The Hall–Kier alpha value is -0.120. The van der Waals surface area contributed by atoms with Gasteiger partial charge in [-0.3, -0.25) is 9.89 Å². The number of aliphatic imine (C=N–C) groups is 1. The second kappa shape index (κ2) is 9.57. The van der Waals surface area contributed by atoms with Crippen molar-refractivity contribution in [2.75, 3.05) is 53.4 Å². The van der Waals surface area contributed by atoms with Crippen molar-refractivity contribution in [3.8, 4) is 0 Å². The average Bonchev–Trinajstić information content (AvgIpc) is 3.17. The molecule has 0 amide bonds. The molecule has 3 saturated heterocycles. The topological polar surface area (TPSA) is 52.1 Å². The molecule has 0 bridgehead atoms. The molecule has 4 rings (SSSR count). The first kappa shape index (κ1) is 23.5. The number of fused-ring (bicyclic) bond motifs is 1. The Balaban J connectivity index is 0.00000240. The Bertz CT molecular complexity index is 570. The summed E-state index contributed by atoms with van der Waals surface area (Å²) in [6.07, 6.45) is 8.18. The molecule has 2 N–H and O–H groups in total. The molecule has 0 aromatic carbocycles. The van der Waals surface area contributed by atoms with E-state index in [4.69, 9.17) is 4.74 Å². The van der Waals surface area contributed by atoms with Gasteiger partial charge in [0.05, 0.1) is 6.10 Å². The number of piperidine rings is 2. The lowest BCUT2D eigenvalue weighted by atomic mass is 9.57. The summed E-state index contributed by atoms with van der Waals surface area (Å²) in [5.41, 5.74) is 0.454. The fraction of sp³-hybridized carbons (Fsp3) is 0.955. The van der Waals surface area contributed by atoms with Crippen LogP contribution in [0.1, 0.15) is 52.4 Å². The van der Waals surface area contributed by atoms with Crippen molar-refractivity contribution in [3.63, 3.8) is 0 Å². The average molecular weight is 520 g/mol. The van der Waals surface area contributed by atoms with Crippen LogP contribution in [0.3, 0.4) is 0 Å². The van der Waals surface area contributed by atoms with Crippen LogP contribution in [0.5, 0.6) is 0 Å². The van der Waals surface area contributed by atoms with Gasteiger partial charge in [0.2, 0.25) is 0 Å². The molecular weight excluding hydrogens is 477 g/mol. The number of ether oxygens (including phenoxy) is 1. The van der Waals surface area contributed by atoms with E-state index in [1.54, 1.807) is 0 Å². The number of halogens is 1. The zero-order valence-corrected chi connectivity index (χ0v) is 21.2. The van der Waals surface area contributed by atoms with Gasteiger partial charge in [0, 0.05) is 43.1 Å². The van der Waals surface area contributed by atoms with Crippen LogP contribution in [0.2, 0.25) is 0 Å². The molecule has 3 unspecified atom stereocenters.